The topological polar surface area (TPSA) is 69.0 Å². The maximum absolute atomic E-state index is 13.8. The molecule has 0 aliphatic carbocycles. The number of amides is 1. The Morgan fingerprint density at radius 2 is 1.76 bits per heavy atom. The lowest BCUT2D eigenvalue weighted by molar-refractivity contribution is 0.0714. The number of fused-ring (bicyclic) bond motifs is 2. The van der Waals surface area contributed by atoms with Crippen LogP contribution in [0.25, 0.3) is 11.0 Å². The van der Waals surface area contributed by atoms with Crippen LogP contribution in [0.3, 0.4) is 0 Å². The fourth-order valence-corrected chi connectivity index (χ4v) is 4.87. The van der Waals surface area contributed by atoms with Crippen LogP contribution in [0.15, 0.2) is 69.9 Å². The fourth-order valence-electron chi connectivity index (χ4n) is 4.70. The highest BCUT2D eigenvalue weighted by Crippen LogP contribution is 2.42. The minimum Gasteiger partial charge on any atom is -0.490 e. The third-order valence-corrected chi connectivity index (χ3v) is 6.77. The van der Waals surface area contributed by atoms with Gasteiger partial charge in [0.15, 0.2) is 16.9 Å². The van der Waals surface area contributed by atoms with Crippen molar-refractivity contribution in [1.29, 1.82) is 0 Å². The number of carbonyl (C=O) groups excluding carboxylic acids is 1. The van der Waals surface area contributed by atoms with Crippen LogP contribution >= 0.6 is 11.6 Å². The molecule has 8 heteroatoms. The summed E-state index contributed by atoms with van der Waals surface area (Å²) < 4.78 is 31.4. The van der Waals surface area contributed by atoms with E-state index < -0.39 is 11.9 Å². The zero-order valence-corrected chi connectivity index (χ0v) is 21.9. The van der Waals surface area contributed by atoms with Gasteiger partial charge in [-0.15, -0.1) is 0 Å². The van der Waals surface area contributed by atoms with Gasteiger partial charge in [-0.2, -0.15) is 0 Å². The minimum atomic E-state index is -0.758. The zero-order valence-electron chi connectivity index (χ0n) is 21.1. The predicted molar refractivity (Wildman–Crippen MR) is 144 cm³/mol. The third-order valence-electron chi connectivity index (χ3n) is 6.53. The van der Waals surface area contributed by atoms with E-state index in [9.17, 15) is 14.0 Å². The average Bonchev–Trinajstić information content (AvgIpc) is 3.18. The van der Waals surface area contributed by atoms with Crippen molar-refractivity contribution in [2.75, 3.05) is 13.2 Å². The quantitative estimate of drug-likeness (QED) is 0.218. The number of nitrogens with zero attached hydrogens (tertiary/aromatic N) is 1. The van der Waals surface area contributed by atoms with Crippen molar-refractivity contribution in [3.05, 3.63) is 104 Å². The van der Waals surface area contributed by atoms with Crippen LogP contribution in [0.4, 0.5) is 4.39 Å². The van der Waals surface area contributed by atoms with Crippen molar-refractivity contribution in [1.82, 2.24) is 4.90 Å². The number of halogens is 2. The number of hydrogen-bond donors (Lipinski definition) is 0. The van der Waals surface area contributed by atoms with Gasteiger partial charge < -0.3 is 18.8 Å². The Labute approximate surface area is 224 Å². The molecule has 1 aromatic heterocycles. The molecule has 0 fully saturated rings. The number of rotatable bonds is 9. The second kappa shape index (κ2) is 10.9. The Bertz CT molecular complexity index is 1550. The molecule has 0 spiro atoms. The molecule has 1 aliphatic heterocycles. The van der Waals surface area contributed by atoms with Gasteiger partial charge in [-0.1, -0.05) is 43.1 Å². The molecule has 0 N–H and O–H groups in total. The Morgan fingerprint density at radius 1 is 0.974 bits per heavy atom. The molecular weight excluding hydrogens is 509 g/mol. The first kappa shape index (κ1) is 25.8. The van der Waals surface area contributed by atoms with Crippen molar-refractivity contribution in [3.8, 4) is 11.5 Å². The van der Waals surface area contributed by atoms with Crippen molar-refractivity contribution in [3.63, 3.8) is 0 Å². The van der Waals surface area contributed by atoms with E-state index in [0.717, 1.165) is 12.8 Å². The standard InChI is InChI=1S/C30H27ClFNO5/c1-3-5-14-37-24-12-8-19(15-25(24)36-4-2)27-26-28(34)22-16-20(31)9-13-23(22)38-29(26)30(35)33(27)17-18-6-10-21(32)11-7-18/h6-13,15-16,27H,3-5,14,17H2,1-2H3. The molecule has 38 heavy (non-hydrogen) atoms. The van der Waals surface area contributed by atoms with E-state index >= 15 is 0 Å². The Hall–Kier alpha value is -3.84. The fraction of sp³-hybridized carbons (Fsp3) is 0.267. The second-order valence-electron chi connectivity index (χ2n) is 9.12. The van der Waals surface area contributed by atoms with Gasteiger partial charge in [-0.25, -0.2) is 4.39 Å². The van der Waals surface area contributed by atoms with Crippen LogP contribution in [0, 0.1) is 5.82 Å². The number of hydrogen-bond acceptors (Lipinski definition) is 5. The lowest BCUT2D eigenvalue weighted by atomic mass is 9.97. The summed E-state index contributed by atoms with van der Waals surface area (Å²) in [5.74, 6) is 0.303. The highest BCUT2D eigenvalue weighted by atomic mass is 35.5. The van der Waals surface area contributed by atoms with Gasteiger partial charge >= 0.3 is 0 Å². The van der Waals surface area contributed by atoms with E-state index in [1.54, 1.807) is 47.4 Å². The van der Waals surface area contributed by atoms with E-state index in [4.69, 9.17) is 25.5 Å². The largest absolute Gasteiger partial charge is 0.490 e. The number of carbonyl (C=O) groups is 1. The van der Waals surface area contributed by atoms with Gasteiger partial charge in [0.2, 0.25) is 5.76 Å². The van der Waals surface area contributed by atoms with E-state index in [1.807, 2.05) is 13.0 Å². The second-order valence-corrected chi connectivity index (χ2v) is 9.55. The van der Waals surface area contributed by atoms with Crippen molar-refractivity contribution < 1.29 is 23.1 Å². The molecule has 1 amide bonds. The lowest BCUT2D eigenvalue weighted by Crippen LogP contribution is -2.29. The normalized spacial score (nSPS) is 14.7. The van der Waals surface area contributed by atoms with Crippen LogP contribution < -0.4 is 14.9 Å². The summed E-state index contributed by atoms with van der Waals surface area (Å²) in [6.07, 6.45) is 1.90. The smallest absolute Gasteiger partial charge is 0.291 e. The molecule has 2 heterocycles. The van der Waals surface area contributed by atoms with Gasteiger partial charge in [0.25, 0.3) is 5.91 Å². The van der Waals surface area contributed by atoms with Crippen LogP contribution in [-0.4, -0.2) is 24.0 Å². The van der Waals surface area contributed by atoms with Crippen molar-refractivity contribution in [2.45, 2.75) is 39.3 Å². The molecule has 4 aromatic rings. The molecule has 1 atom stereocenters. The first-order valence-corrected chi connectivity index (χ1v) is 13.0. The zero-order chi connectivity index (χ0) is 26.8. The monoisotopic (exact) mass is 535 g/mol. The van der Waals surface area contributed by atoms with E-state index in [-0.39, 0.29) is 34.7 Å². The molecule has 5 rings (SSSR count). The Balaban J connectivity index is 1.66. The SMILES string of the molecule is CCCCOc1ccc(C2c3c(oc4ccc(Cl)cc4c3=O)C(=O)N2Cc2ccc(F)cc2)cc1OCC. The number of unbranched alkanes of at least 4 members (excludes halogenated alkanes) is 1. The van der Waals surface area contributed by atoms with Crippen molar-refractivity contribution in [2.24, 2.45) is 0 Å². The van der Waals surface area contributed by atoms with Crippen LogP contribution in [0.1, 0.15) is 60.0 Å². The predicted octanol–water partition coefficient (Wildman–Crippen LogP) is 6.91. The summed E-state index contributed by atoms with van der Waals surface area (Å²) in [5.41, 5.74) is 1.56. The molecular formula is C30H27ClFNO5. The van der Waals surface area contributed by atoms with Gasteiger partial charge in [-0.3, -0.25) is 9.59 Å². The molecule has 1 unspecified atom stereocenters. The van der Waals surface area contributed by atoms with E-state index in [2.05, 4.69) is 6.92 Å². The first-order valence-electron chi connectivity index (χ1n) is 12.6. The summed E-state index contributed by atoms with van der Waals surface area (Å²) in [5, 5.41) is 0.684. The minimum absolute atomic E-state index is 0.0156. The number of benzene rings is 3. The molecule has 0 radical (unpaired) electrons. The highest BCUT2D eigenvalue weighted by Gasteiger charge is 2.43. The highest BCUT2D eigenvalue weighted by molar-refractivity contribution is 6.31. The molecule has 196 valence electrons. The lowest BCUT2D eigenvalue weighted by Gasteiger charge is -2.26. The Morgan fingerprint density at radius 3 is 2.50 bits per heavy atom. The maximum Gasteiger partial charge on any atom is 0.291 e. The molecule has 3 aromatic carbocycles. The van der Waals surface area contributed by atoms with Crippen molar-refractivity contribution >= 4 is 28.5 Å². The summed E-state index contributed by atoms with van der Waals surface area (Å²) in [7, 11) is 0. The van der Waals surface area contributed by atoms with E-state index in [0.29, 0.717) is 46.2 Å². The molecule has 0 saturated carbocycles. The van der Waals surface area contributed by atoms with Crippen LogP contribution in [-0.2, 0) is 6.54 Å². The molecule has 0 saturated heterocycles. The summed E-state index contributed by atoms with van der Waals surface area (Å²) in [4.78, 5) is 29.1. The van der Waals surface area contributed by atoms with E-state index in [1.165, 1.54) is 12.1 Å². The first-order chi connectivity index (χ1) is 18.4. The van der Waals surface area contributed by atoms with Gasteiger partial charge in [0.1, 0.15) is 11.4 Å². The Kier molecular flexibility index (Phi) is 7.38. The van der Waals surface area contributed by atoms with Gasteiger partial charge in [0, 0.05) is 11.6 Å². The number of ether oxygens (including phenoxy) is 2. The van der Waals surface area contributed by atoms with Gasteiger partial charge in [0.05, 0.1) is 30.2 Å². The maximum atomic E-state index is 13.8. The van der Waals surface area contributed by atoms with Gasteiger partial charge in [-0.05, 0) is 66.9 Å². The average molecular weight is 536 g/mol. The molecule has 1 aliphatic rings. The molecule has 6 nitrogen and oxygen atoms in total. The summed E-state index contributed by atoms with van der Waals surface area (Å²) in [6, 6.07) is 15.3. The van der Waals surface area contributed by atoms with Crippen LogP contribution in [0.5, 0.6) is 11.5 Å². The molecule has 0 bridgehead atoms. The third kappa shape index (κ3) is 4.86. The summed E-state index contributed by atoms with van der Waals surface area (Å²) >= 11 is 6.18. The van der Waals surface area contributed by atoms with Crippen LogP contribution in [0.2, 0.25) is 5.02 Å². The summed E-state index contributed by atoms with van der Waals surface area (Å²) in [6.45, 7) is 5.07.